The molecule has 0 radical (unpaired) electrons. The van der Waals surface area contributed by atoms with Gasteiger partial charge in [0.15, 0.2) is 0 Å². The van der Waals surface area contributed by atoms with Crippen LogP contribution in [0.3, 0.4) is 0 Å². The molecule has 1 aliphatic rings. The minimum Gasteiger partial charge on any atom is -0.491 e. The van der Waals surface area contributed by atoms with Gasteiger partial charge in [-0.3, -0.25) is 10.6 Å². The highest BCUT2D eigenvalue weighted by Crippen LogP contribution is 2.17. The Morgan fingerprint density at radius 3 is 2.60 bits per heavy atom. The first-order valence-corrected chi connectivity index (χ1v) is 10.6. The summed E-state index contributed by atoms with van der Waals surface area (Å²) in [4.78, 5) is 2.40. The third-order valence-corrected chi connectivity index (χ3v) is 5.62. The monoisotopic (exact) mass is 411 g/mol. The molecule has 2 heterocycles. The van der Waals surface area contributed by atoms with E-state index in [4.69, 9.17) is 15.2 Å². The largest absolute Gasteiger partial charge is 0.491 e. The Labute approximate surface area is 177 Å². The first kappa shape index (κ1) is 20.7. The molecule has 0 amide bonds. The molecule has 3 N–H and O–H groups in total. The van der Waals surface area contributed by atoms with Gasteiger partial charge >= 0.3 is 5.95 Å². The fraction of sp³-hybridized carbons (Fsp3) is 0.435. The number of para-hydroxylation sites is 2. The lowest BCUT2D eigenvalue weighted by Crippen LogP contribution is -2.44. The normalized spacial score (nSPS) is 16.1. The number of imidazole rings is 1. The second kappa shape index (κ2) is 9.47. The van der Waals surface area contributed by atoms with E-state index >= 15 is 0 Å². The quantitative estimate of drug-likeness (QED) is 0.551. The van der Waals surface area contributed by atoms with Crippen LogP contribution in [0.5, 0.6) is 5.75 Å². The van der Waals surface area contributed by atoms with E-state index in [0.29, 0.717) is 12.5 Å². The molecule has 7 nitrogen and oxygen atoms in total. The summed E-state index contributed by atoms with van der Waals surface area (Å²) in [5.74, 6) is 1.41. The van der Waals surface area contributed by atoms with Crippen molar-refractivity contribution in [3.8, 4) is 5.75 Å². The topological polar surface area (TPSA) is 76.8 Å². The van der Waals surface area contributed by atoms with Crippen molar-refractivity contribution < 1.29 is 19.1 Å². The Bertz CT molecular complexity index is 964. The van der Waals surface area contributed by atoms with Crippen molar-refractivity contribution in [2.75, 3.05) is 45.2 Å². The molecular weight excluding hydrogens is 380 g/mol. The summed E-state index contributed by atoms with van der Waals surface area (Å²) >= 11 is 0. The summed E-state index contributed by atoms with van der Waals surface area (Å²) in [6.07, 6.45) is -0.669. The van der Waals surface area contributed by atoms with E-state index in [0.717, 1.165) is 56.2 Å². The van der Waals surface area contributed by atoms with Crippen molar-refractivity contribution in [1.82, 2.24) is 9.47 Å². The number of hydrogen-bond donors (Lipinski definition) is 2. The zero-order chi connectivity index (χ0) is 20.9. The number of anilines is 1. The smallest absolute Gasteiger partial charge is 0.356 e. The Morgan fingerprint density at radius 2 is 1.83 bits per heavy atom. The second-order valence-corrected chi connectivity index (χ2v) is 7.84. The van der Waals surface area contributed by atoms with Crippen LogP contribution < -0.4 is 15.0 Å². The number of benzene rings is 2. The summed E-state index contributed by atoms with van der Waals surface area (Å²) in [5.41, 5.74) is 9.81. The molecule has 0 bridgehead atoms. The van der Waals surface area contributed by atoms with Gasteiger partial charge in [-0.2, -0.15) is 0 Å². The van der Waals surface area contributed by atoms with Crippen LogP contribution in [0.25, 0.3) is 11.0 Å². The molecule has 1 saturated heterocycles. The van der Waals surface area contributed by atoms with Crippen LogP contribution in [0.4, 0.5) is 5.95 Å². The van der Waals surface area contributed by atoms with E-state index in [-0.39, 0.29) is 6.61 Å². The minimum atomic E-state index is -0.669. The third-order valence-electron chi connectivity index (χ3n) is 5.62. The van der Waals surface area contributed by atoms with Gasteiger partial charge in [0.1, 0.15) is 36.0 Å². The molecule has 1 aromatic heterocycles. The summed E-state index contributed by atoms with van der Waals surface area (Å²) in [7, 11) is 0. The van der Waals surface area contributed by atoms with Crippen LogP contribution >= 0.6 is 0 Å². The third kappa shape index (κ3) is 4.75. The molecule has 4 rings (SSSR count). The molecule has 0 unspecified atom stereocenters. The molecule has 1 fully saturated rings. The van der Waals surface area contributed by atoms with Gasteiger partial charge in [-0.1, -0.05) is 29.8 Å². The highest BCUT2D eigenvalue weighted by atomic mass is 16.5. The SMILES string of the molecule is Cc1ccc(OC[C@H](O)C[n+]2c(N)n(CCN3CCOCC3)c3ccccc32)cc1. The average molecular weight is 412 g/mol. The minimum absolute atomic E-state index is 0.211. The number of hydrogen-bond acceptors (Lipinski definition) is 5. The number of aliphatic hydroxyl groups excluding tert-OH is 1. The molecule has 1 aliphatic heterocycles. The van der Waals surface area contributed by atoms with E-state index in [1.807, 2.05) is 54.0 Å². The van der Waals surface area contributed by atoms with Crippen LogP contribution in [0.15, 0.2) is 48.5 Å². The van der Waals surface area contributed by atoms with E-state index in [1.54, 1.807) is 0 Å². The average Bonchev–Trinajstić information content (AvgIpc) is 3.03. The summed E-state index contributed by atoms with van der Waals surface area (Å²) in [6.45, 7) is 7.82. The summed E-state index contributed by atoms with van der Waals surface area (Å²) in [5, 5.41) is 10.6. The molecule has 2 aromatic carbocycles. The number of nitrogens with zero attached hydrogens (tertiary/aromatic N) is 3. The van der Waals surface area contributed by atoms with Crippen molar-refractivity contribution >= 4 is 17.0 Å². The van der Waals surface area contributed by atoms with Crippen molar-refractivity contribution in [3.05, 3.63) is 54.1 Å². The second-order valence-electron chi connectivity index (χ2n) is 7.84. The molecule has 160 valence electrons. The number of aryl methyl sites for hydroxylation is 1. The molecule has 30 heavy (non-hydrogen) atoms. The van der Waals surface area contributed by atoms with Crippen LogP contribution in [-0.2, 0) is 17.8 Å². The van der Waals surface area contributed by atoms with E-state index in [9.17, 15) is 5.11 Å². The zero-order valence-corrected chi connectivity index (χ0v) is 17.5. The molecule has 0 aliphatic carbocycles. The Balaban J connectivity index is 1.46. The van der Waals surface area contributed by atoms with Gasteiger partial charge in [-0.25, -0.2) is 9.13 Å². The lowest BCUT2D eigenvalue weighted by Gasteiger charge is -2.26. The van der Waals surface area contributed by atoms with E-state index in [2.05, 4.69) is 15.5 Å². The van der Waals surface area contributed by atoms with Gasteiger partial charge < -0.3 is 14.6 Å². The first-order valence-electron chi connectivity index (χ1n) is 10.6. The number of fused-ring (bicyclic) bond motifs is 1. The zero-order valence-electron chi connectivity index (χ0n) is 17.5. The Kier molecular flexibility index (Phi) is 6.52. The number of ether oxygens (including phenoxy) is 2. The lowest BCUT2D eigenvalue weighted by molar-refractivity contribution is -0.665. The molecule has 1 atom stereocenters. The van der Waals surface area contributed by atoms with E-state index < -0.39 is 6.10 Å². The number of nitrogen functional groups attached to an aromatic ring is 1. The van der Waals surface area contributed by atoms with Gasteiger partial charge in [0.2, 0.25) is 0 Å². The Morgan fingerprint density at radius 1 is 1.10 bits per heavy atom. The van der Waals surface area contributed by atoms with Crippen molar-refractivity contribution in [1.29, 1.82) is 0 Å². The highest BCUT2D eigenvalue weighted by Gasteiger charge is 2.23. The van der Waals surface area contributed by atoms with Crippen LogP contribution in [-0.4, -0.2) is 60.1 Å². The van der Waals surface area contributed by atoms with Gasteiger partial charge in [0, 0.05) is 19.6 Å². The highest BCUT2D eigenvalue weighted by molar-refractivity contribution is 5.73. The van der Waals surface area contributed by atoms with Gasteiger partial charge in [-0.15, -0.1) is 0 Å². The standard InChI is InChI=1S/C23H30N4O3/c1-18-6-8-20(9-7-18)30-17-19(28)16-27-22-5-3-2-4-21(22)26(23(27)24)11-10-25-12-14-29-15-13-25/h2-9,19,24,28H,10-17H2,1H3/p+1/t19-/m1/s1. The summed E-state index contributed by atoms with van der Waals surface area (Å²) < 4.78 is 15.3. The van der Waals surface area contributed by atoms with Crippen molar-refractivity contribution in [2.24, 2.45) is 0 Å². The number of rotatable bonds is 8. The number of aliphatic hydroxyl groups is 1. The van der Waals surface area contributed by atoms with Gasteiger partial charge in [0.05, 0.1) is 19.8 Å². The maximum Gasteiger partial charge on any atom is 0.356 e. The van der Waals surface area contributed by atoms with Crippen LogP contribution in [0.2, 0.25) is 0 Å². The fourth-order valence-corrected chi connectivity index (χ4v) is 3.90. The number of morpholine rings is 1. The first-order chi connectivity index (χ1) is 14.6. The predicted molar refractivity (Wildman–Crippen MR) is 116 cm³/mol. The van der Waals surface area contributed by atoms with Gasteiger partial charge in [0.25, 0.3) is 0 Å². The molecule has 0 saturated carbocycles. The molecule has 3 aromatic rings. The maximum atomic E-state index is 10.6. The van der Waals surface area contributed by atoms with Gasteiger partial charge in [-0.05, 0) is 31.2 Å². The Hall–Kier alpha value is -2.61. The lowest BCUT2D eigenvalue weighted by atomic mass is 10.2. The fourth-order valence-electron chi connectivity index (χ4n) is 3.90. The maximum absolute atomic E-state index is 10.6. The van der Waals surface area contributed by atoms with Crippen LogP contribution in [0, 0.1) is 6.92 Å². The van der Waals surface area contributed by atoms with E-state index in [1.165, 1.54) is 5.56 Å². The van der Waals surface area contributed by atoms with Crippen molar-refractivity contribution in [3.63, 3.8) is 0 Å². The van der Waals surface area contributed by atoms with Crippen LogP contribution in [0.1, 0.15) is 5.56 Å². The summed E-state index contributed by atoms with van der Waals surface area (Å²) in [6, 6.07) is 16.0. The predicted octanol–water partition coefficient (Wildman–Crippen LogP) is 1.59. The van der Waals surface area contributed by atoms with Crippen molar-refractivity contribution in [2.45, 2.75) is 26.1 Å². The number of aromatic nitrogens is 2. The number of nitrogens with two attached hydrogens (primary N) is 1. The molecular formula is C23H31N4O3+. The molecule has 0 spiro atoms. The molecule has 7 heteroatoms.